The van der Waals surface area contributed by atoms with Crippen molar-refractivity contribution in [1.82, 2.24) is 4.90 Å². The number of aliphatic imine (C=N–C) groups is 1. The number of aryl methyl sites for hydroxylation is 1. The predicted octanol–water partition coefficient (Wildman–Crippen LogP) is 2.66. The van der Waals surface area contributed by atoms with Crippen LogP contribution in [0.1, 0.15) is 25.8 Å². The molecule has 6 heteroatoms. The summed E-state index contributed by atoms with van der Waals surface area (Å²) in [6, 6.07) is 7.60. The average Bonchev–Trinajstić information content (AvgIpc) is 2.77. The Kier molecular flexibility index (Phi) is 5.60. The number of nitrogens with zero attached hydrogens (tertiary/aromatic N) is 2. The molecule has 0 aliphatic carbocycles. The monoisotopic (exact) mass is 319 g/mol. The number of hydrogen-bond acceptors (Lipinski definition) is 4. The zero-order valence-electron chi connectivity index (χ0n) is 13.1. The van der Waals surface area contributed by atoms with E-state index in [0.29, 0.717) is 13.1 Å². The van der Waals surface area contributed by atoms with Crippen molar-refractivity contribution in [3.05, 3.63) is 29.8 Å². The van der Waals surface area contributed by atoms with Gasteiger partial charge in [-0.05, 0) is 32.4 Å². The van der Waals surface area contributed by atoms with Crippen LogP contribution in [-0.2, 0) is 9.59 Å². The van der Waals surface area contributed by atoms with Crippen molar-refractivity contribution >= 4 is 34.4 Å². The van der Waals surface area contributed by atoms with E-state index in [9.17, 15) is 9.59 Å². The summed E-state index contributed by atoms with van der Waals surface area (Å²) in [7, 11) is 0. The third-order valence-corrected chi connectivity index (χ3v) is 4.63. The first kappa shape index (κ1) is 16.5. The topological polar surface area (TPSA) is 61.8 Å². The summed E-state index contributed by atoms with van der Waals surface area (Å²) < 4.78 is 0. The molecular weight excluding hydrogens is 298 g/mol. The second-order valence-corrected chi connectivity index (χ2v) is 6.18. The molecule has 2 rings (SSSR count). The molecule has 1 atom stereocenters. The third kappa shape index (κ3) is 3.68. The fourth-order valence-electron chi connectivity index (χ4n) is 2.27. The van der Waals surface area contributed by atoms with Crippen LogP contribution in [0.4, 0.5) is 5.69 Å². The lowest BCUT2D eigenvalue weighted by Gasteiger charge is -2.13. The quantitative estimate of drug-likeness (QED) is 0.907. The van der Waals surface area contributed by atoms with Crippen molar-refractivity contribution in [1.29, 1.82) is 0 Å². The molecule has 1 aromatic rings. The molecule has 1 aliphatic heterocycles. The summed E-state index contributed by atoms with van der Waals surface area (Å²) in [6.45, 7) is 7.01. The molecule has 1 aliphatic rings. The molecule has 0 bridgehead atoms. The van der Waals surface area contributed by atoms with Gasteiger partial charge in [-0.25, -0.2) is 0 Å². The lowest BCUT2D eigenvalue weighted by Crippen LogP contribution is -2.33. The Balaban J connectivity index is 2.02. The standard InChI is InChI=1S/C16H21N3O2S/c1-4-17-16-19(5-2)15(21)13(22-16)10-14(20)18-12-9-7-6-8-11(12)3/h6-9,13H,4-5,10H2,1-3H3,(H,18,20). The van der Waals surface area contributed by atoms with Gasteiger partial charge in [0.1, 0.15) is 5.25 Å². The summed E-state index contributed by atoms with van der Waals surface area (Å²) in [5, 5.41) is 3.22. The van der Waals surface area contributed by atoms with Gasteiger partial charge in [0, 0.05) is 25.2 Å². The fourth-order valence-corrected chi connectivity index (χ4v) is 3.54. The largest absolute Gasteiger partial charge is 0.326 e. The summed E-state index contributed by atoms with van der Waals surface area (Å²) in [4.78, 5) is 30.5. The molecule has 2 amide bonds. The molecule has 1 aromatic carbocycles. The molecule has 0 spiro atoms. The number of carbonyl (C=O) groups is 2. The van der Waals surface area contributed by atoms with Gasteiger partial charge < -0.3 is 5.32 Å². The van der Waals surface area contributed by atoms with E-state index in [1.54, 1.807) is 4.90 Å². The highest BCUT2D eigenvalue weighted by atomic mass is 32.2. The Bertz CT molecular complexity index is 601. The second-order valence-electron chi connectivity index (χ2n) is 5.01. The van der Waals surface area contributed by atoms with Gasteiger partial charge in [0.25, 0.3) is 0 Å². The first-order valence-electron chi connectivity index (χ1n) is 7.44. The highest BCUT2D eigenvalue weighted by Gasteiger charge is 2.38. The van der Waals surface area contributed by atoms with Crippen LogP contribution in [0.3, 0.4) is 0 Å². The predicted molar refractivity (Wildman–Crippen MR) is 91.2 cm³/mol. The van der Waals surface area contributed by atoms with Crippen molar-refractivity contribution in [2.24, 2.45) is 4.99 Å². The first-order chi connectivity index (χ1) is 10.6. The van der Waals surface area contributed by atoms with Gasteiger partial charge >= 0.3 is 0 Å². The van der Waals surface area contributed by atoms with Crippen molar-refractivity contribution in [3.8, 4) is 0 Å². The molecule has 5 nitrogen and oxygen atoms in total. The van der Waals surface area contributed by atoms with Crippen LogP contribution in [0.25, 0.3) is 0 Å². The van der Waals surface area contributed by atoms with E-state index in [1.165, 1.54) is 11.8 Å². The minimum absolute atomic E-state index is 0.0281. The maximum atomic E-state index is 12.3. The summed E-state index contributed by atoms with van der Waals surface area (Å²) >= 11 is 1.38. The zero-order valence-corrected chi connectivity index (χ0v) is 13.9. The number of carbonyl (C=O) groups excluding carboxylic acids is 2. The molecule has 22 heavy (non-hydrogen) atoms. The third-order valence-electron chi connectivity index (χ3n) is 3.42. The van der Waals surface area contributed by atoms with Gasteiger partial charge in [-0.2, -0.15) is 0 Å². The molecule has 1 heterocycles. The highest BCUT2D eigenvalue weighted by Crippen LogP contribution is 2.29. The molecule has 1 fully saturated rings. The number of nitrogens with one attached hydrogen (secondary N) is 1. The normalized spacial score (nSPS) is 19.8. The molecule has 118 valence electrons. The van der Waals surface area contributed by atoms with Crippen molar-refractivity contribution in [2.45, 2.75) is 32.4 Å². The number of thioether (sulfide) groups is 1. The van der Waals surface area contributed by atoms with Gasteiger partial charge in [0.05, 0.1) is 0 Å². The smallest absolute Gasteiger partial charge is 0.242 e. The summed E-state index contributed by atoms with van der Waals surface area (Å²) in [5.74, 6) is -0.173. The van der Waals surface area contributed by atoms with Crippen LogP contribution in [0, 0.1) is 6.92 Å². The van der Waals surface area contributed by atoms with Crippen LogP contribution in [0.5, 0.6) is 0 Å². The van der Waals surface area contributed by atoms with Crippen molar-refractivity contribution in [3.63, 3.8) is 0 Å². The van der Waals surface area contributed by atoms with Crippen LogP contribution in [0.2, 0.25) is 0 Å². The van der Waals surface area contributed by atoms with Crippen molar-refractivity contribution < 1.29 is 9.59 Å². The van der Waals surface area contributed by atoms with E-state index >= 15 is 0 Å². The molecular formula is C16H21N3O2S. The number of para-hydroxylation sites is 1. The Morgan fingerprint density at radius 2 is 2.09 bits per heavy atom. The summed E-state index contributed by atoms with van der Waals surface area (Å²) in [5.41, 5.74) is 1.79. The molecule has 1 saturated heterocycles. The lowest BCUT2D eigenvalue weighted by molar-refractivity contribution is -0.128. The minimum Gasteiger partial charge on any atom is -0.326 e. The van der Waals surface area contributed by atoms with Gasteiger partial charge in [-0.3, -0.25) is 19.5 Å². The van der Waals surface area contributed by atoms with Crippen molar-refractivity contribution in [2.75, 3.05) is 18.4 Å². The first-order valence-corrected chi connectivity index (χ1v) is 8.32. The van der Waals surface area contributed by atoms with Crippen LogP contribution in [0.15, 0.2) is 29.3 Å². The average molecular weight is 319 g/mol. The maximum Gasteiger partial charge on any atom is 0.242 e. The fraction of sp³-hybridized carbons (Fsp3) is 0.438. The van der Waals surface area contributed by atoms with Crippen LogP contribution >= 0.6 is 11.8 Å². The Morgan fingerprint density at radius 3 is 2.73 bits per heavy atom. The molecule has 1 N–H and O–H groups in total. The number of anilines is 1. The van der Waals surface area contributed by atoms with E-state index in [4.69, 9.17) is 0 Å². The van der Waals surface area contributed by atoms with E-state index < -0.39 is 0 Å². The van der Waals surface area contributed by atoms with Gasteiger partial charge in [0.15, 0.2) is 5.17 Å². The number of benzene rings is 1. The minimum atomic E-state index is -0.380. The molecule has 1 unspecified atom stereocenters. The van der Waals surface area contributed by atoms with Gasteiger partial charge in [-0.1, -0.05) is 30.0 Å². The number of hydrogen-bond donors (Lipinski definition) is 1. The van der Waals surface area contributed by atoms with E-state index in [0.717, 1.165) is 16.4 Å². The molecule has 0 aromatic heterocycles. The second kappa shape index (κ2) is 7.45. The SMILES string of the molecule is CCN=C1SC(CC(=O)Nc2ccccc2C)C(=O)N1CC. The van der Waals surface area contributed by atoms with Gasteiger partial charge in [0.2, 0.25) is 11.8 Å². The Hall–Kier alpha value is -1.82. The van der Waals surface area contributed by atoms with Crippen LogP contribution in [-0.4, -0.2) is 40.2 Å². The zero-order chi connectivity index (χ0) is 16.1. The Morgan fingerprint density at radius 1 is 1.36 bits per heavy atom. The number of amides is 2. The van der Waals surface area contributed by atoms with E-state index in [2.05, 4.69) is 10.3 Å². The van der Waals surface area contributed by atoms with E-state index in [-0.39, 0.29) is 23.5 Å². The highest BCUT2D eigenvalue weighted by molar-refractivity contribution is 8.15. The number of rotatable bonds is 5. The Labute approximate surface area is 135 Å². The maximum absolute atomic E-state index is 12.3. The van der Waals surface area contributed by atoms with Crippen LogP contribution < -0.4 is 5.32 Å². The molecule has 0 saturated carbocycles. The van der Waals surface area contributed by atoms with E-state index in [1.807, 2.05) is 45.0 Å². The number of amidine groups is 1. The van der Waals surface area contributed by atoms with Gasteiger partial charge in [-0.15, -0.1) is 0 Å². The molecule has 0 radical (unpaired) electrons. The summed E-state index contributed by atoms with van der Waals surface area (Å²) in [6.07, 6.45) is 0.164. The lowest BCUT2D eigenvalue weighted by atomic mass is 10.2.